The maximum absolute atomic E-state index is 13.9. The number of hydrogen-bond donors (Lipinski definition) is 0. The first-order valence-corrected chi connectivity index (χ1v) is 10.5. The summed E-state index contributed by atoms with van der Waals surface area (Å²) in [6.45, 7) is 3.92. The van der Waals surface area contributed by atoms with E-state index in [1.807, 2.05) is 18.2 Å². The SMILES string of the molecule is C=CCc1cc(/C=C2\SC(=NC)N(C)C2=O)cc(Br)c1OCc1ccccc1F. The molecule has 0 unspecified atom stereocenters. The van der Waals surface area contributed by atoms with Crippen LogP contribution < -0.4 is 4.74 Å². The molecule has 1 heterocycles. The fraction of sp³-hybridized carbons (Fsp3) is 0.182. The zero-order chi connectivity index (χ0) is 21.0. The van der Waals surface area contributed by atoms with Crippen molar-refractivity contribution < 1.29 is 13.9 Å². The molecule has 1 aliphatic heterocycles. The number of amides is 1. The minimum Gasteiger partial charge on any atom is -0.487 e. The minimum absolute atomic E-state index is 0.0862. The average molecular weight is 475 g/mol. The summed E-state index contributed by atoms with van der Waals surface area (Å²) in [6.07, 6.45) is 4.18. The normalized spacial score (nSPS) is 16.7. The van der Waals surface area contributed by atoms with Crippen molar-refractivity contribution in [3.8, 4) is 5.75 Å². The van der Waals surface area contributed by atoms with Gasteiger partial charge in [-0.2, -0.15) is 0 Å². The van der Waals surface area contributed by atoms with Crippen molar-refractivity contribution in [2.24, 2.45) is 4.99 Å². The highest BCUT2D eigenvalue weighted by molar-refractivity contribution is 9.10. The minimum atomic E-state index is -0.301. The highest BCUT2D eigenvalue weighted by atomic mass is 79.9. The maximum atomic E-state index is 13.9. The van der Waals surface area contributed by atoms with Crippen LogP contribution in [0.2, 0.25) is 0 Å². The van der Waals surface area contributed by atoms with Crippen LogP contribution in [-0.2, 0) is 17.8 Å². The van der Waals surface area contributed by atoms with Gasteiger partial charge in [-0.1, -0.05) is 24.3 Å². The molecule has 150 valence electrons. The van der Waals surface area contributed by atoms with Crippen molar-refractivity contribution in [2.45, 2.75) is 13.0 Å². The van der Waals surface area contributed by atoms with E-state index in [4.69, 9.17) is 4.74 Å². The Morgan fingerprint density at radius 3 is 2.72 bits per heavy atom. The zero-order valence-corrected chi connectivity index (χ0v) is 18.5. The van der Waals surface area contributed by atoms with Crippen molar-refractivity contribution in [2.75, 3.05) is 14.1 Å². The number of rotatable bonds is 6. The summed E-state index contributed by atoms with van der Waals surface area (Å²) in [5, 5.41) is 0.663. The molecule has 1 fully saturated rings. The van der Waals surface area contributed by atoms with Gasteiger partial charge in [0.1, 0.15) is 18.2 Å². The molecular weight excluding hydrogens is 455 g/mol. The van der Waals surface area contributed by atoms with Crippen LogP contribution in [0.1, 0.15) is 16.7 Å². The topological polar surface area (TPSA) is 41.9 Å². The average Bonchev–Trinajstić information content (AvgIpc) is 2.96. The van der Waals surface area contributed by atoms with Crippen LogP contribution in [0.3, 0.4) is 0 Å². The molecule has 0 spiro atoms. The third kappa shape index (κ3) is 4.79. The molecule has 7 heteroatoms. The molecule has 4 nitrogen and oxygen atoms in total. The Balaban J connectivity index is 1.90. The smallest absolute Gasteiger partial charge is 0.266 e. The lowest BCUT2D eigenvalue weighted by Crippen LogP contribution is -2.23. The molecule has 1 amide bonds. The molecule has 0 bridgehead atoms. The Labute approximate surface area is 182 Å². The maximum Gasteiger partial charge on any atom is 0.266 e. The van der Waals surface area contributed by atoms with E-state index in [1.54, 1.807) is 38.4 Å². The van der Waals surface area contributed by atoms with Crippen LogP contribution >= 0.6 is 27.7 Å². The summed E-state index contributed by atoms with van der Waals surface area (Å²) in [5.41, 5.74) is 2.23. The number of nitrogens with zero attached hydrogens (tertiary/aromatic N) is 2. The van der Waals surface area contributed by atoms with Gasteiger partial charge < -0.3 is 4.74 Å². The summed E-state index contributed by atoms with van der Waals surface area (Å²) >= 11 is 4.89. The number of carbonyl (C=O) groups excluding carboxylic acids is 1. The Morgan fingerprint density at radius 1 is 1.31 bits per heavy atom. The third-order valence-corrected chi connectivity index (χ3v) is 6.07. The van der Waals surface area contributed by atoms with Crippen molar-refractivity contribution in [3.63, 3.8) is 0 Å². The predicted octanol–water partition coefficient (Wildman–Crippen LogP) is 5.43. The van der Waals surface area contributed by atoms with Crippen LogP contribution in [0, 0.1) is 5.82 Å². The van der Waals surface area contributed by atoms with E-state index >= 15 is 0 Å². The van der Waals surface area contributed by atoms with Crippen LogP contribution in [0.5, 0.6) is 5.75 Å². The summed E-state index contributed by atoms with van der Waals surface area (Å²) in [7, 11) is 3.37. The van der Waals surface area contributed by atoms with E-state index in [1.165, 1.54) is 22.7 Å². The molecule has 1 aliphatic rings. The third-order valence-electron chi connectivity index (χ3n) is 4.33. The summed E-state index contributed by atoms with van der Waals surface area (Å²) in [5.74, 6) is 0.245. The largest absolute Gasteiger partial charge is 0.487 e. The van der Waals surface area contributed by atoms with E-state index in [2.05, 4.69) is 27.5 Å². The number of aliphatic imine (C=N–C) groups is 1. The summed E-state index contributed by atoms with van der Waals surface area (Å²) < 4.78 is 20.6. The number of ether oxygens (including phenoxy) is 1. The number of hydrogen-bond acceptors (Lipinski definition) is 4. The predicted molar refractivity (Wildman–Crippen MR) is 120 cm³/mol. The molecule has 0 aromatic heterocycles. The fourth-order valence-corrected chi connectivity index (χ4v) is 4.45. The van der Waals surface area contributed by atoms with E-state index in [9.17, 15) is 9.18 Å². The van der Waals surface area contributed by atoms with Gasteiger partial charge in [0.15, 0.2) is 5.17 Å². The van der Waals surface area contributed by atoms with Crippen LogP contribution in [0.4, 0.5) is 4.39 Å². The summed E-state index contributed by atoms with van der Waals surface area (Å²) in [4.78, 5) is 18.7. The second-order valence-corrected chi connectivity index (χ2v) is 8.21. The van der Waals surface area contributed by atoms with E-state index in [-0.39, 0.29) is 18.3 Å². The van der Waals surface area contributed by atoms with Crippen LogP contribution in [0.15, 0.2) is 63.4 Å². The molecule has 29 heavy (non-hydrogen) atoms. The Kier molecular flexibility index (Phi) is 6.92. The Bertz CT molecular complexity index is 1020. The Hall–Kier alpha value is -2.38. The zero-order valence-electron chi connectivity index (χ0n) is 16.1. The van der Waals surface area contributed by atoms with Gasteiger partial charge in [0, 0.05) is 19.7 Å². The molecule has 0 saturated carbocycles. The summed E-state index contributed by atoms with van der Waals surface area (Å²) in [6, 6.07) is 10.4. The van der Waals surface area contributed by atoms with E-state index in [0.29, 0.717) is 27.8 Å². The second kappa shape index (κ2) is 9.41. The molecule has 3 rings (SSSR count). The lowest BCUT2D eigenvalue weighted by atomic mass is 10.1. The van der Waals surface area contributed by atoms with Gasteiger partial charge in [0.25, 0.3) is 5.91 Å². The standard InChI is InChI=1S/C22H20BrFN2O2S/c1-4-7-15-10-14(12-19-21(27)26(3)22(25-2)29-19)11-17(23)20(15)28-13-16-8-5-6-9-18(16)24/h4-6,8-12H,1,7,13H2,2-3H3/b19-12-,25-22?. The van der Waals surface area contributed by atoms with Gasteiger partial charge in [-0.05, 0) is 69.5 Å². The molecule has 0 aliphatic carbocycles. The second-order valence-electron chi connectivity index (χ2n) is 6.34. The van der Waals surface area contributed by atoms with Gasteiger partial charge in [-0.3, -0.25) is 14.7 Å². The van der Waals surface area contributed by atoms with Gasteiger partial charge in [-0.25, -0.2) is 4.39 Å². The van der Waals surface area contributed by atoms with Gasteiger partial charge in [0.05, 0.1) is 9.38 Å². The quantitative estimate of drug-likeness (QED) is 0.414. The number of thioether (sulfide) groups is 1. The monoisotopic (exact) mass is 474 g/mol. The lowest BCUT2D eigenvalue weighted by Gasteiger charge is -2.14. The highest BCUT2D eigenvalue weighted by Gasteiger charge is 2.29. The number of halogens is 2. The number of amidine groups is 1. The first-order valence-electron chi connectivity index (χ1n) is 8.88. The van der Waals surface area contributed by atoms with Crippen molar-refractivity contribution in [1.29, 1.82) is 0 Å². The first kappa shape index (κ1) is 21.3. The number of allylic oxidation sites excluding steroid dienone is 1. The molecule has 0 atom stereocenters. The molecule has 2 aromatic carbocycles. The van der Waals surface area contributed by atoms with Crippen molar-refractivity contribution >= 4 is 44.8 Å². The molecule has 0 N–H and O–H groups in total. The van der Waals surface area contributed by atoms with Gasteiger partial charge >= 0.3 is 0 Å². The first-order chi connectivity index (χ1) is 13.9. The van der Waals surface area contributed by atoms with Gasteiger partial charge in [0.2, 0.25) is 0 Å². The number of carbonyl (C=O) groups is 1. The molecule has 1 saturated heterocycles. The highest BCUT2D eigenvalue weighted by Crippen LogP contribution is 2.36. The van der Waals surface area contributed by atoms with Crippen LogP contribution in [-0.4, -0.2) is 30.1 Å². The van der Waals surface area contributed by atoms with Gasteiger partial charge in [-0.15, -0.1) is 6.58 Å². The van der Waals surface area contributed by atoms with E-state index in [0.717, 1.165) is 15.6 Å². The van der Waals surface area contributed by atoms with Crippen molar-refractivity contribution in [1.82, 2.24) is 4.90 Å². The van der Waals surface area contributed by atoms with Crippen LogP contribution in [0.25, 0.3) is 6.08 Å². The Morgan fingerprint density at radius 2 is 2.07 bits per heavy atom. The number of likely N-dealkylation sites (N-methyl/N-ethyl adjacent to an activating group) is 1. The van der Waals surface area contributed by atoms with E-state index < -0.39 is 0 Å². The fourth-order valence-electron chi connectivity index (χ4n) is 2.89. The molecular formula is C22H20BrFN2O2S. The molecule has 2 aromatic rings. The number of benzene rings is 2. The lowest BCUT2D eigenvalue weighted by molar-refractivity contribution is -0.121. The molecule has 0 radical (unpaired) electrons. The van der Waals surface area contributed by atoms with Crippen molar-refractivity contribution in [3.05, 3.63) is 80.9 Å².